The van der Waals surface area contributed by atoms with Gasteiger partial charge in [0.2, 0.25) is 0 Å². The van der Waals surface area contributed by atoms with Crippen molar-refractivity contribution in [2.24, 2.45) is 0 Å². The maximum Gasteiger partial charge on any atom is 0.193 e. The van der Waals surface area contributed by atoms with E-state index in [2.05, 4.69) is 4.98 Å². The van der Waals surface area contributed by atoms with E-state index < -0.39 is 9.84 Å². The molecular weight excluding hydrogens is 266 g/mol. The molecule has 0 spiro atoms. The van der Waals surface area contributed by atoms with Crippen molar-refractivity contribution in [3.05, 3.63) is 46.6 Å². The zero-order valence-corrected chi connectivity index (χ0v) is 12.0. The summed E-state index contributed by atoms with van der Waals surface area (Å²) in [6.45, 7) is 3.91. The van der Waals surface area contributed by atoms with Crippen LogP contribution in [0.5, 0.6) is 0 Å². The molecule has 0 bridgehead atoms. The Morgan fingerprint density at radius 2 is 2.06 bits per heavy atom. The van der Waals surface area contributed by atoms with E-state index in [4.69, 9.17) is 0 Å². The van der Waals surface area contributed by atoms with Gasteiger partial charge < -0.3 is 0 Å². The summed E-state index contributed by atoms with van der Waals surface area (Å²) in [5.74, 6) is -0.0169. The summed E-state index contributed by atoms with van der Waals surface area (Å²) in [6, 6.07) is 7.27. The first-order valence-corrected chi connectivity index (χ1v) is 8.22. The molecule has 2 aromatic rings. The average Bonchev–Trinajstić information content (AvgIpc) is 2.77. The fraction of sp³-hybridized carbons (Fsp3) is 0.308. The molecule has 0 N–H and O–H groups in total. The number of rotatable bonds is 4. The molecule has 0 saturated carbocycles. The molecular formula is C13H15NO2S2. The fourth-order valence-electron chi connectivity index (χ4n) is 1.75. The van der Waals surface area contributed by atoms with Gasteiger partial charge in [0.15, 0.2) is 9.84 Å². The van der Waals surface area contributed by atoms with Crippen molar-refractivity contribution in [2.45, 2.75) is 30.2 Å². The molecule has 0 aliphatic carbocycles. The van der Waals surface area contributed by atoms with Gasteiger partial charge in [-0.05, 0) is 37.1 Å². The van der Waals surface area contributed by atoms with Crippen LogP contribution in [0.1, 0.15) is 23.1 Å². The van der Waals surface area contributed by atoms with E-state index in [1.165, 1.54) is 11.3 Å². The van der Waals surface area contributed by atoms with Gasteiger partial charge in [-0.3, -0.25) is 4.98 Å². The standard InChI is InChI=1S/C13H15NO2S2/c1-3-11-5-4-8-14-12(11)9-18(15,16)13-7-6-10(2)17-13/h4-8H,3,9H2,1-2H3. The molecule has 0 radical (unpaired) electrons. The Balaban J connectivity index is 2.33. The molecule has 0 fully saturated rings. The normalized spacial score (nSPS) is 11.7. The topological polar surface area (TPSA) is 47.0 Å². The lowest BCUT2D eigenvalue weighted by molar-refractivity contribution is 0.596. The summed E-state index contributed by atoms with van der Waals surface area (Å²) in [6.07, 6.45) is 2.44. The summed E-state index contributed by atoms with van der Waals surface area (Å²) >= 11 is 1.31. The molecule has 3 nitrogen and oxygen atoms in total. The molecule has 96 valence electrons. The molecule has 18 heavy (non-hydrogen) atoms. The number of aromatic nitrogens is 1. The molecule has 2 aromatic heterocycles. The van der Waals surface area contributed by atoms with E-state index in [9.17, 15) is 8.42 Å². The van der Waals surface area contributed by atoms with Crippen LogP contribution >= 0.6 is 11.3 Å². The highest BCUT2D eigenvalue weighted by Gasteiger charge is 2.19. The van der Waals surface area contributed by atoms with Gasteiger partial charge in [-0.15, -0.1) is 11.3 Å². The minimum Gasteiger partial charge on any atom is -0.260 e. The summed E-state index contributed by atoms with van der Waals surface area (Å²) in [5.41, 5.74) is 1.65. The molecule has 5 heteroatoms. The third-order valence-electron chi connectivity index (χ3n) is 2.71. The molecule has 2 heterocycles. The van der Waals surface area contributed by atoms with Gasteiger partial charge in [-0.1, -0.05) is 13.0 Å². The van der Waals surface area contributed by atoms with Crippen molar-refractivity contribution in [1.29, 1.82) is 0 Å². The van der Waals surface area contributed by atoms with Crippen LogP contribution in [0.15, 0.2) is 34.7 Å². The van der Waals surface area contributed by atoms with E-state index in [1.807, 2.05) is 32.0 Å². The third kappa shape index (κ3) is 2.79. The second-order valence-electron chi connectivity index (χ2n) is 4.09. The van der Waals surface area contributed by atoms with Crippen LogP contribution in [0.3, 0.4) is 0 Å². The molecule has 0 aliphatic heterocycles. The molecule has 0 unspecified atom stereocenters. The van der Waals surface area contributed by atoms with Crippen LogP contribution < -0.4 is 0 Å². The van der Waals surface area contributed by atoms with Crippen LogP contribution in [-0.2, 0) is 22.0 Å². The maximum absolute atomic E-state index is 12.3. The zero-order chi connectivity index (χ0) is 13.2. The van der Waals surface area contributed by atoms with Crippen LogP contribution in [0.25, 0.3) is 0 Å². The van der Waals surface area contributed by atoms with Crippen molar-refractivity contribution in [2.75, 3.05) is 0 Å². The Morgan fingerprint density at radius 1 is 1.28 bits per heavy atom. The van der Waals surface area contributed by atoms with Gasteiger partial charge in [0.05, 0.1) is 11.4 Å². The summed E-state index contributed by atoms with van der Waals surface area (Å²) in [4.78, 5) is 5.20. The monoisotopic (exact) mass is 281 g/mol. The highest BCUT2D eigenvalue weighted by molar-refractivity contribution is 7.92. The average molecular weight is 281 g/mol. The molecule has 0 saturated heterocycles. The number of pyridine rings is 1. The van der Waals surface area contributed by atoms with Crippen LogP contribution in [0.2, 0.25) is 0 Å². The summed E-state index contributed by atoms with van der Waals surface area (Å²) < 4.78 is 24.9. The van der Waals surface area contributed by atoms with Gasteiger partial charge in [-0.2, -0.15) is 0 Å². The van der Waals surface area contributed by atoms with Crippen molar-refractivity contribution in [1.82, 2.24) is 4.98 Å². The minimum atomic E-state index is -3.27. The summed E-state index contributed by atoms with van der Waals surface area (Å²) in [5, 5.41) is 0. The summed E-state index contributed by atoms with van der Waals surface area (Å²) in [7, 11) is -3.27. The Labute approximate surface area is 111 Å². The Morgan fingerprint density at radius 3 is 2.67 bits per heavy atom. The highest BCUT2D eigenvalue weighted by Crippen LogP contribution is 2.24. The first kappa shape index (κ1) is 13.2. The lowest BCUT2D eigenvalue weighted by atomic mass is 10.1. The van der Waals surface area contributed by atoms with E-state index in [-0.39, 0.29) is 5.75 Å². The van der Waals surface area contributed by atoms with Crippen molar-refractivity contribution >= 4 is 21.2 Å². The first-order chi connectivity index (χ1) is 8.53. The van der Waals surface area contributed by atoms with E-state index in [0.717, 1.165) is 16.9 Å². The molecule has 0 aromatic carbocycles. The smallest absolute Gasteiger partial charge is 0.193 e. The lowest BCUT2D eigenvalue weighted by Crippen LogP contribution is -2.07. The van der Waals surface area contributed by atoms with Gasteiger partial charge in [0.1, 0.15) is 4.21 Å². The van der Waals surface area contributed by atoms with E-state index >= 15 is 0 Å². The number of nitrogens with zero attached hydrogens (tertiary/aromatic N) is 1. The number of thiophene rings is 1. The van der Waals surface area contributed by atoms with Gasteiger partial charge in [-0.25, -0.2) is 8.42 Å². The van der Waals surface area contributed by atoms with Crippen LogP contribution in [0, 0.1) is 6.92 Å². The quantitative estimate of drug-likeness (QED) is 0.865. The minimum absolute atomic E-state index is 0.0169. The van der Waals surface area contributed by atoms with Crippen molar-refractivity contribution < 1.29 is 8.42 Å². The fourth-order valence-corrected chi connectivity index (χ4v) is 4.46. The lowest BCUT2D eigenvalue weighted by Gasteiger charge is -2.06. The number of hydrogen-bond donors (Lipinski definition) is 0. The predicted molar refractivity (Wildman–Crippen MR) is 73.6 cm³/mol. The van der Waals surface area contributed by atoms with Crippen molar-refractivity contribution in [3.8, 4) is 0 Å². The van der Waals surface area contributed by atoms with Crippen molar-refractivity contribution in [3.63, 3.8) is 0 Å². The van der Waals surface area contributed by atoms with Gasteiger partial charge >= 0.3 is 0 Å². The maximum atomic E-state index is 12.3. The highest BCUT2D eigenvalue weighted by atomic mass is 32.2. The van der Waals surface area contributed by atoms with E-state index in [1.54, 1.807) is 12.3 Å². The second-order valence-corrected chi connectivity index (χ2v) is 7.59. The molecule has 0 aliphatic rings. The van der Waals surface area contributed by atoms with Crippen LogP contribution in [-0.4, -0.2) is 13.4 Å². The Kier molecular flexibility index (Phi) is 3.82. The Bertz CT molecular complexity index is 645. The largest absolute Gasteiger partial charge is 0.260 e. The number of hydrogen-bond acceptors (Lipinski definition) is 4. The second kappa shape index (κ2) is 5.20. The third-order valence-corrected chi connectivity index (χ3v) is 5.92. The van der Waals surface area contributed by atoms with Gasteiger partial charge in [0, 0.05) is 11.1 Å². The molecule has 2 rings (SSSR count). The zero-order valence-electron chi connectivity index (χ0n) is 10.4. The predicted octanol–water partition coefficient (Wildman–Crippen LogP) is 2.99. The SMILES string of the molecule is CCc1cccnc1CS(=O)(=O)c1ccc(C)s1. The number of aryl methyl sites for hydroxylation is 2. The van der Waals surface area contributed by atoms with Crippen LogP contribution in [0.4, 0.5) is 0 Å². The number of sulfone groups is 1. The first-order valence-electron chi connectivity index (χ1n) is 5.75. The Hall–Kier alpha value is -1.20. The van der Waals surface area contributed by atoms with E-state index in [0.29, 0.717) is 9.90 Å². The van der Waals surface area contributed by atoms with Gasteiger partial charge in [0.25, 0.3) is 0 Å². The molecule has 0 atom stereocenters. The molecule has 0 amide bonds.